The summed E-state index contributed by atoms with van der Waals surface area (Å²) in [5.41, 5.74) is 0. The van der Waals surface area contributed by atoms with Gasteiger partial charge in [0.25, 0.3) is 0 Å². The normalized spacial score (nSPS) is 15.2. The first-order valence-electron chi connectivity index (χ1n) is 19.1. The lowest BCUT2D eigenvalue weighted by Gasteiger charge is -2.25. The molecule has 15 heteroatoms. The van der Waals surface area contributed by atoms with Crippen LogP contribution in [0.3, 0.4) is 0 Å². The summed E-state index contributed by atoms with van der Waals surface area (Å²) in [5, 5.41) is 0. The lowest BCUT2D eigenvalue weighted by Crippen LogP contribution is -2.24. The maximum Gasteiger partial charge on any atom is 0.463 e. The summed E-state index contributed by atoms with van der Waals surface area (Å²) in [7, 11) is -5.29. The van der Waals surface area contributed by atoms with Gasteiger partial charge in [-0.2, -0.15) is 0 Å². The van der Waals surface area contributed by atoms with Crippen molar-refractivity contribution in [2.24, 2.45) is 0 Å². The predicted octanol–water partition coefficient (Wildman–Crippen LogP) is 11.5. The van der Waals surface area contributed by atoms with Gasteiger partial charge in [-0.3, -0.25) is 22.6 Å². The molecule has 0 amide bonds. The fraction of sp³-hybridized carbons (Fsp3) is 0.429. The van der Waals surface area contributed by atoms with Gasteiger partial charge in [-0.15, -0.1) is 0 Å². The van der Waals surface area contributed by atoms with E-state index in [1.807, 2.05) is 156 Å². The summed E-state index contributed by atoms with van der Waals surface area (Å²) in [6.45, 7) is 13.8. The second kappa shape index (κ2) is 27.7. The number of hydrogen-bond acceptors (Lipinski definition) is 12. The quantitative estimate of drug-likeness (QED) is 0.0368. The van der Waals surface area contributed by atoms with Gasteiger partial charge in [0, 0.05) is 6.61 Å². The van der Waals surface area contributed by atoms with Crippen molar-refractivity contribution in [1.29, 1.82) is 0 Å². The number of para-hydroxylation sites is 4. The van der Waals surface area contributed by atoms with Gasteiger partial charge in [-0.1, -0.05) is 79.7 Å². The fourth-order valence-electron chi connectivity index (χ4n) is 4.55. The van der Waals surface area contributed by atoms with Crippen LogP contribution in [0.1, 0.15) is 48.0 Å². The molecule has 0 bridgehead atoms. The maximum atomic E-state index is 6.24. The Morgan fingerprint density at radius 3 is 0.877 bits per heavy atom. The number of hydrogen-bond donors (Lipinski definition) is 0. The topological polar surface area (TPSA) is 111 Å². The molecule has 7 unspecified atom stereocenters. The lowest BCUT2D eigenvalue weighted by molar-refractivity contribution is -0.00738. The summed E-state index contributed by atoms with van der Waals surface area (Å²) < 4.78 is 72.9. The van der Waals surface area contributed by atoms with Crippen molar-refractivity contribution in [3.63, 3.8) is 0 Å². The summed E-state index contributed by atoms with van der Waals surface area (Å²) in [4.78, 5) is 0. The Hall–Kier alpha value is -2.95. The van der Waals surface area contributed by atoms with Crippen LogP contribution in [0, 0.1) is 0 Å². The van der Waals surface area contributed by atoms with Crippen molar-refractivity contribution < 1.29 is 54.9 Å². The second-order valence-corrected chi connectivity index (χ2v) is 16.1. The molecule has 4 aromatic carbocycles. The van der Waals surface area contributed by atoms with E-state index >= 15 is 0 Å². The van der Waals surface area contributed by atoms with Crippen molar-refractivity contribution in [3.8, 4) is 23.0 Å². The van der Waals surface area contributed by atoms with Gasteiger partial charge in [0.15, 0.2) is 0 Å². The molecule has 0 N–H and O–H groups in total. The third-order valence-corrected chi connectivity index (χ3v) is 11.2. The minimum Gasteiger partial charge on any atom is -0.427 e. The van der Waals surface area contributed by atoms with Gasteiger partial charge in [0.1, 0.15) is 23.0 Å². The minimum absolute atomic E-state index is 0.214. The molecule has 0 aromatic heterocycles. The SMILES string of the molecule is CCCOCC(C)OP(Oc1ccccc1)OC(C)COCC(C)OP(Oc1ccccc1)OC(C)COCC(C)OP(Oc1ccccc1)Oc1ccccc1. The first-order chi connectivity index (χ1) is 27.7. The van der Waals surface area contributed by atoms with Crippen LogP contribution in [0.4, 0.5) is 0 Å². The number of ether oxygens (including phenoxy) is 3. The Balaban J connectivity index is 1.23. The van der Waals surface area contributed by atoms with Gasteiger partial charge in [0.2, 0.25) is 0 Å². The standard InChI is InChI=1S/C42H57O12P3/c1-7-28-43-29-34(2)46-55(51-39-20-12-8-13-21-39)47-35(3)30-44-31-36(4)48-56(52-40-22-14-9-15-23-40)49-37(5)32-45-33-38(6)50-57(53-41-24-16-10-17-25-41)54-42-26-18-11-19-27-42/h8-27,34-38H,7,28-33H2,1-6H3. The molecule has 0 aliphatic rings. The third-order valence-electron chi connectivity index (χ3n) is 7.13. The zero-order valence-electron chi connectivity index (χ0n) is 33.6. The highest BCUT2D eigenvalue weighted by Crippen LogP contribution is 2.45. The second-order valence-electron chi connectivity index (χ2n) is 13.0. The number of rotatable bonds is 30. The predicted molar refractivity (Wildman–Crippen MR) is 225 cm³/mol. The van der Waals surface area contributed by atoms with Crippen LogP contribution in [0.5, 0.6) is 23.0 Å². The van der Waals surface area contributed by atoms with Crippen molar-refractivity contribution >= 4 is 25.8 Å². The van der Waals surface area contributed by atoms with E-state index in [4.69, 9.17) is 54.9 Å². The van der Waals surface area contributed by atoms with Crippen LogP contribution in [-0.2, 0) is 36.8 Å². The Morgan fingerprint density at radius 2 is 0.596 bits per heavy atom. The van der Waals surface area contributed by atoms with Crippen molar-refractivity contribution in [3.05, 3.63) is 121 Å². The summed E-state index contributed by atoms with van der Waals surface area (Å²) >= 11 is 0. The molecular weight excluding hydrogens is 789 g/mol. The van der Waals surface area contributed by atoms with E-state index in [0.717, 1.165) is 6.42 Å². The van der Waals surface area contributed by atoms with Gasteiger partial charge in [0.05, 0.1) is 63.6 Å². The molecule has 57 heavy (non-hydrogen) atoms. The van der Waals surface area contributed by atoms with E-state index in [-0.39, 0.29) is 56.9 Å². The largest absolute Gasteiger partial charge is 0.463 e. The van der Waals surface area contributed by atoms with Gasteiger partial charge in [-0.05, 0) is 89.6 Å². The zero-order valence-corrected chi connectivity index (χ0v) is 36.3. The van der Waals surface area contributed by atoms with E-state index < -0.39 is 25.8 Å². The molecule has 0 fully saturated rings. The smallest absolute Gasteiger partial charge is 0.427 e. The van der Waals surface area contributed by atoms with E-state index in [9.17, 15) is 0 Å². The molecule has 0 aliphatic carbocycles. The van der Waals surface area contributed by atoms with Crippen LogP contribution in [-0.4, -0.2) is 70.2 Å². The van der Waals surface area contributed by atoms with Crippen molar-refractivity contribution in [2.45, 2.75) is 78.5 Å². The van der Waals surface area contributed by atoms with E-state index in [1.54, 1.807) is 0 Å². The molecule has 0 radical (unpaired) electrons. The van der Waals surface area contributed by atoms with E-state index in [0.29, 0.717) is 36.2 Å². The molecule has 0 saturated carbocycles. The monoisotopic (exact) mass is 846 g/mol. The highest BCUT2D eigenvalue weighted by molar-refractivity contribution is 7.43. The lowest BCUT2D eigenvalue weighted by atomic mass is 10.3. The Kier molecular flexibility index (Phi) is 22.7. The highest BCUT2D eigenvalue weighted by atomic mass is 31.2. The zero-order chi connectivity index (χ0) is 40.5. The highest BCUT2D eigenvalue weighted by Gasteiger charge is 2.26. The molecule has 7 atom stereocenters. The Labute approximate surface area is 342 Å². The van der Waals surface area contributed by atoms with Gasteiger partial charge < -0.3 is 32.3 Å². The van der Waals surface area contributed by atoms with Crippen molar-refractivity contribution in [2.75, 3.05) is 39.6 Å². The Bertz CT molecular complexity index is 1530. The molecular formula is C42H57O12P3. The van der Waals surface area contributed by atoms with Crippen molar-refractivity contribution in [1.82, 2.24) is 0 Å². The average molecular weight is 847 g/mol. The Morgan fingerprint density at radius 1 is 0.351 bits per heavy atom. The molecule has 0 spiro atoms. The minimum atomic E-state index is -1.82. The van der Waals surface area contributed by atoms with Crippen LogP contribution in [0.2, 0.25) is 0 Å². The third kappa shape index (κ3) is 20.5. The van der Waals surface area contributed by atoms with E-state index in [2.05, 4.69) is 6.92 Å². The first-order valence-corrected chi connectivity index (χ1v) is 22.4. The summed E-state index contributed by atoms with van der Waals surface area (Å²) in [6.07, 6.45) is -0.679. The van der Waals surface area contributed by atoms with Gasteiger partial charge in [-0.25, -0.2) is 0 Å². The molecule has 4 rings (SSSR count). The average Bonchev–Trinajstić information content (AvgIpc) is 3.19. The van der Waals surface area contributed by atoms with Crippen LogP contribution in [0.25, 0.3) is 0 Å². The molecule has 0 saturated heterocycles. The first kappa shape index (κ1) is 46.7. The molecule has 0 heterocycles. The molecule has 312 valence electrons. The van der Waals surface area contributed by atoms with Gasteiger partial charge >= 0.3 is 25.8 Å². The number of benzene rings is 4. The molecule has 12 nitrogen and oxygen atoms in total. The van der Waals surface area contributed by atoms with Crippen LogP contribution >= 0.6 is 25.8 Å². The molecule has 4 aromatic rings. The van der Waals surface area contributed by atoms with Crippen LogP contribution < -0.4 is 18.1 Å². The maximum absolute atomic E-state index is 6.24. The summed E-state index contributed by atoms with van der Waals surface area (Å²) in [6, 6.07) is 37.7. The van der Waals surface area contributed by atoms with Crippen LogP contribution in [0.15, 0.2) is 121 Å². The van der Waals surface area contributed by atoms with E-state index in [1.165, 1.54) is 0 Å². The molecule has 0 aliphatic heterocycles. The summed E-state index contributed by atoms with van der Waals surface area (Å²) in [5.74, 6) is 2.58. The fourth-order valence-corrected chi connectivity index (χ4v) is 7.89.